The van der Waals surface area contributed by atoms with E-state index in [0.717, 1.165) is 25.7 Å². The Balaban J connectivity index is 2.81. The molecule has 0 radical (unpaired) electrons. The number of esters is 1. The highest BCUT2D eigenvalue weighted by Gasteiger charge is 2.44. The first-order chi connectivity index (χ1) is 9.67. The van der Waals surface area contributed by atoms with E-state index in [1.165, 1.54) is 25.7 Å². The molecule has 1 fully saturated rings. The smallest absolute Gasteiger partial charge is 0.320 e. The van der Waals surface area contributed by atoms with Crippen molar-refractivity contribution in [2.45, 2.75) is 71.1 Å². The van der Waals surface area contributed by atoms with E-state index in [4.69, 9.17) is 4.74 Å². The summed E-state index contributed by atoms with van der Waals surface area (Å²) in [7, 11) is 0. The molecule has 0 heterocycles. The minimum absolute atomic E-state index is 0.0633. The van der Waals surface area contributed by atoms with Gasteiger partial charge in [-0.25, -0.2) is 0 Å². The van der Waals surface area contributed by atoms with Crippen molar-refractivity contribution in [1.29, 1.82) is 0 Å². The Labute approximate surface area is 131 Å². The molecule has 0 aliphatic heterocycles. The molecular weight excluding hydrogens is 320 g/mol. The van der Waals surface area contributed by atoms with E-state index in [9.17, 15) is 9.59 Å². The maximum Gasteiger partial charge on any atom is 0.320 e. The lowest BCUT2D eigenvalue weighted by atomic mass is 9.78. The van der Waals surface area contributed by atoms with Crippen LogP contribution in [-0.2, 0) is 14.3 Å². The lowest BCUT2D eigenvalue weighted by Gasteiger charge is -2.28. The summed E-state index contributed by atoms with van der Waals surface area (Å²) in [5, 5.41) is 0.387. The van der Waals surface area contributed by atoms with Crippen LogP contribution < -0.4 is 0 Å². The fourth-order valence-electron chi connectivity index (χ4n) is 2.83. The quantitative estimate of drug-likeness (QED) is 0.431. The van der Waals surface area contributed by atoms with E-state index in [-0.39, 0.29) is 11.8 Å². The van der Waals surface area contributed by atoms with Crippen molar-refractivity contribution in [3.8, 4) is 0 Å². The van der Waals surface area contributed by atoms with E-state index in [2.05, 4.69) is 15.9 Å². The van der Waals surface area contributed by atoms with E-state index in [0.29, 0.717) is 24.8 Å². The van der Waals surface area contributed by atoms with Crippen LogP contribution in [0.4, 0.5) is 0 Å². The van der Waals surface area contributed by atoms with Gasteiger partial charge >= 0.3 is 5.97 Å². The second-order valence-electron chi connectivity index (χ2n) is 5.69. The van der Waals surface area contributed by atoms with Crippen molar-refractivity contribution >= 4 is 27.7 Å². The summed E-state index contributed by atoms with van der Waals surface area (Å²) < 4.78 is 5.18. The SMILES string of the molecule is CCOC(=O)C1(CBr)CCCCCCCCCCC1=O. The Hall–Kier alpha value is -0.380. The Kier molecular flexibility index (Phi) is 8.43. The number of halogens is 1. The zero-order valence-electron chi connectivity index (χ0n) is 12.6. The third-order valence-electron chi connectivity index (χ3n) is 4.19. The molecule has 116 valence electrons. The molecule has 0 bridgehead atoms. The molecule has 1 unspecified atom stereocenters. The number of ether oxygens (including phenoxy) is 1. The van der Waals surface area contributed by atoms with Gasteiger partial charge in [0, 0.05) is 11.8 Å². The van der Waals surface area contributed by atoms with Crippen molar-refractivity contribution in [2.75, 3.05) is 11.9 Å². The largest absolute Gasteiger partial charge is 0.465 e. The van der Waals surface area contributed by atoms with Crippen LogP contribution in [-0.4, -0.2) is 23.7 Å². The average Bonchev–Trinajstić information content (AvgIpc) is 2.43. The third kappa shape index (κ3) is 4.87. The summed E-state index contributed by atoms with van der Waals surface area (Å²) in [5.74, 6) is -0.271. The van der Waals surface area contributed by atoms with Crippen LogP contribution in [0.1, 0.15) is 71.1 Å². The number of carbonyl (C=O) groups is 2. The van der Waals surface area contributed by atoms with Crippen LogP contribution in [0.2, 0.25) is 0 Å². The molecule has 0 amide bonds. The highest BCUT2D eigenvalue weighted by Crippen LogP contribution is 2.33. The molecule has 0 aromatic carbocycles. The van der Waals surface area contributed by atoms with Gasteiger partial charge in [-0.2, -0.15) is 0 Å². The summed E-state index contributed by atoms with van der Waals surface area (Å²) in [6.07, 6.45) is 10.1. The fourth-order valence-corrected chi connectivity index (χ4v) is 3.65. The molecule has 1 aliphatic carbocycles. The molecule has 0 saturated heterocycles. The minimum Gasteiger partial charge on any atom is -0.465 e. The van der Waals surface area contributed by atoms with Crippen LogP contribution in [0, 0.1) is 5.41 Å². The molecule has 20 heavy (non-hydrogen) atoms. The average molecular weight is 347 g/mol. The second kappa shape index (κ2) is 9.54. The predicted octanol–water partition coefficient (Wildman–Crippen LogP) is 4.41. The van der Waals surface area contributed by atoms with Crippen LogP contribution in [0.5, 0.6) is 0 Å². The lowest BCUT2D eigenvalue weighted by Crippen LogP contribution is -2.42. The van der Waals surface area contributed by atoms with E-state index in [1.54, 1.807) is 6.92 Å². The van der Waals surface area contributed by atoms with Crippen molar-refractivity contribution in [3.63, 3.8) is 0 Å². The van der Waals surface area contributed by atoms with Crippen LogP contribution in [0.25, 0.3) is 0 Å². The van der Waals surface area contributed by atoms with Gasteiger partial charge in [-0.3, -0.25) is 9.59 Å². The third-order valence-corrected chi connectivity index (χ3v) is 5.14. The number of Topliss-reactive ketones (excluding diaryl/α,β-unsaturated/α-hetero) is 1. The first-order valence-electron chi connectivity index (χ1n) is 7.94. The van der Waals surface area contributed by atoms with E-state index in [1.807, 2.05) is 0 Å². The zero-order valence-corrected chi connectivity index (χ0v) is 14.2. The second-order valence-corrected chi connectivity index (χ2v) is 6.25. The van der Waals surface area contributed by atoms with Gasteiger partial charge in [0.25, 0.3) is 0 Å². The summed E-state index contributed by atoms with van der Waals surface area (Å²) in [6, 6.07) is 0. The molecule has 1 aliphatic rings. The van der Waals surface area contributed by atoms with Gasteiger partial charge < -0.3 is 4.74 Å². The highest BCUT2D eigenvalue weighted by atomic mass is 79.9. The summed E-state index contributed by atoms with van der Waals surface area (Å²) in [5.41, 5.74) is -0.949. The first kappa shape index (κ1) is 17.7. The fraction of sp³-hybridized carbons (Fsp3) is 0.875. The molecule has 0 aromatic rings. The monoisotopic (exact) mass is 346 g/mol. The number of carbonyl (C=O) groups excluding carboxylic acids is 2. The maximum atomic E-state index is 12.6. The van der Waals surface area contributed by atoms with Gasteiger partial charge in [0.05, 0.1) is 6.61 Å². The van der Waals surface area contributed by atoms with Gasteiger partial charge in [-0.15, -0.1) is 0 Å². The Morgan fingerprint density at radius 2 is 1.65 bits per heavy atom. The topological polar surface area (TPSA) is 43.4 Å². The molecule has 0 spiro atoms. The van der Waals surface area contributed by atoms with Crippen molar-refractivity contribution in [3.05, 3.63) is 0 Å². The van der Waals surface area contributed by atoms with Gasteiger partial charge in [-0.1, -0.05) is 60.9 Å². The van der Waals surface area contributed by atoms with Gasteiger partial charge in [-0.05, 0) is 19.8 Å². The molecule has 4 heteroatoms. The van der Waals surface area contributed by atoms with Crippen LogP contribution >= 0.6 is 15.9 Å². The maximum absolute atomic E-state index is 12.6. The number of hydrogen-bond acceptors (Lipinski definition) is 3. The number of alkyl halides is 1. The molecule has 1 atom stereocenters. The van der Waals surface area contributed by atoms with E-state index < -0.39 is 5.41 Å². The highest BCUT2D eigenvalue weighted by molar-refractivity contribution is 9.09. The molecule has 3 nitrogen and oxygen atoms in total. The Morgan fingerprint density at radius 1 is 1.10 bits per heavy atom. The van der Waals surface area contributed by atoms with Crippen molar-refractivity contribution in [1.82, 2.24) is 0 Å². The number of rotatable bonds is 3. The summed E-state index contributed by atoms with van der Waals surface area (Å²) >= 11 is 3.40. The number of ketones is 1. The Morgan fingerprint density at radius 3 is 2.20 bits per heavy atom. The van der Waals surface area contributed by atoms with E-state index >= 15 is 0 Å². The van der Waals surface area contributed by atoms with Gasteiger partial charge in [0.1, 0.15) is 5.41 Å². The van der Waals surface area contributed by atoms with Crippen molar-refractivity contribution in [2.24, 2.45) is 5.41 Å². The molecule has 0 aromatic heterocycles. The summed E-state index contributed by atoms with van der Waals surface area (Å²) in [4.78, 5) is 24.9. The van der Waals surface area contributed by atoms with Crippen LogP contribution in [0.15, 0.2) is 0 Å². The van der Waals surface area contributed by atoms with Crippen molar-refractivity contribution < 1.29 is 14.3 Å². The molecule has 1 saturated carbocycles. The van der Waals surface area contributed by atoms with Crippen LogP contribution in [0.3, 0.4) is 0 Å². The molecule has 0 N–H and O–H groups in total. The van der Waals surface area contributed by atoms with Gasteiger partial charge in [0.15, 0.2) is 5.78 Å². The minimum atomic E-state index is -0.949. The lowest BCUT2D eigenvalue weighted by molar-refractivity contribution is -0.159. The first-order valence-corrected chi connectivity index (χ1v) is 9.06. The normalized spacial score (nSPS) is 26.4. The predicted molar refractivity (Wildman–Crippen MR) is 84.0 cm³/mol. The van der Waals surface area contributed by atoms with Gasteiger partial charge in [0.2, 0.25) is 0 Å². The molecule has 1 rings (SSSR count). The zero-order chi connectivity index (χ0) is 14.8. The molecular formula is C16H27BrO3. The number of hydrogen-bond donors (Lipinski definition) is 0. The standard InChI is InChI=1S/C16H27BrO3/c1-2-20-15(19)16(13-17)12-10-8-6-4-3-5-7-9-11-14(16)18/h2-13H2,1H3. The Bertz CT molecular complexity index is 317. The summed E-state index contributed by atoms with van der Waals surface area (Å²) in [6.45, 7) is 2.13.